The Labute approximate surface area is 121 Å². The zero-order valence-electron chi connectivity index (χ0n) is 11.2. The molecule has 0 atom stereocenters. The molecule has 4 heteroatoms. The average molecular weight is 322 g/mol. The molecule has 0 spiro atoms. The van der Waals surface area contributed by atoms with Crippen LogP contribution in [-0.2, 0) is 4.74 Å². The van der Waals surface area contributed by atoms with Crippen LogP contribution in [0.4, 0.5) is 0 Å². The van der Waals surface area contributed by atoms with E-state index in [0.717, 1.165) is 10.2 Å². The molecule has 0 aliphatic heterocycles. The average Bonchev–Trinajstić information content (AvgIpc) is 2.86. The molecule has 0 N–H and O–H groups in total. The molecule has 0 aliphatic rings. The molecule has 0 fully saturated rings. The molecule has 0 saturated carbocycles. The summed E-state index contributed by atoms with van der Waals surface area (Å²) < 4.78 is 7.71. The predicted octanol–water partition coefficient (Wildman–Crippen LogP) is 4.15. The number of carbonyl (C=O) groups excluding carboxylic acids is 1. The quantitative estimate of drug-likeness (QED) is 0.795. The monoisotopic (exact) mass is 321 g/mol. The van der Waals surface area contributed by atoms with Gasteiger partial charge in [0.05, 0.1) is 7.11 Å². The van der Waals surface area contributed by atoms with Gasteiger partial charge in [0.2, 0.25) is 0 Å². The fourth-order valence-corrected chi connectivity index (χ4v) is 2.45. The molecule has 1 aromatic carbocycles. The number of esters is 1. The van der Waals surface area contributed by atoms with E-state index in [-0.39, 0.29) is 5.97 Å². The van der Waals surface area contributed by atoms with Crippen LogP contribution >= 0.6 is 15.9 Å². The molecule has 0 amide bonds. The van der Waals surface area contributed by atoms with E-state index in [1.54, 1.807) is 6.07 Å². The Hall–Kier alpha value is -1.55. The van der Waals surface area contributed by atoms with Crippen molar-refractivity contribution in [1.82, 2.24) is 4.57 Å². The predicted molar refractivity (Wildman–Crippen MR) is 78.9 cm³/mol. The standard InChI is InChI=1S/C15H16BrNO2/c1-10(2)12-9-11(16)6-7-13(12)17-8-4-5-14(17)15(18)19-3/h4-10H,1-3H3. The molecule has 0 saturated heterocycles. The second-order valence-electron chi connectivity index (χ2n) is 4.61. The van der Waals surface area contributed by atoms with Crippen molar-refractivity contribution >= 4 is 21.9 Å². The summed E-state index contributed by atoms with van der Waals surface area (Å²) in [5, 5.41) is 0. The lowest BCUT2D eigenvalue weighted by Crippen LogP contribution is -2.10. The molecule has 1 heterocycles. The molecule has 0 radical (unpaired) electrons. The van der Waals surface area contributed by atoms with Crippen LogP contribution in [0.3, 0.4) is 0 Å². The van der Waals surface area contributed by atoms with Gasteiger partial charge in [0.1, 0.15) is 5.69 Å². The summed E-state index contributed by atoms with van der Waals surface area (Å²) in [4.78, 5) is 11.8. The van der Waals surface area contributed by atoms with Crippen LogP contribution in [0.1, 0.15) is 35.8 Å². The number of rotatable bonds is 3. The highest BCUT2D eigenvalue weighted by Gasteiger charge is 2.15. The smallest absolute Gasteiger partial charge is 0.355 e. The largest absolute Gasteiger partial charge is 0.464 e. The highest BCUT2D eigenvalue weighted by atomic mass is 79.9. The molecule has 19 heavy (non-hydrogen) atoms. The van der Waals surface area contributed by atoms with E-state index < -0.39 is 0 Å². The third kappa shape index (κ3) is 2.73. The van der Waals surface area contributed by atoms with E-state index in [9.17, 15) is 4.79 Å². The van der Waals surface area contributed by atoms with Crippen molar-refractivity contribution < 1.29 is 9.53 Å². The summed E-state index contributed by atoms with van der Waals surface area (Å²) in [6.45, 7) is 4.26. The van der Waals surface area contributed by atoms with Gasteiger partial charge in [-0.2, -0.15) is 0 Å². The normalized spacial score (nSPS) is 10.8. The Morgan fingerprint density at radius 2 is 2.05 bits per heavy atom. The number of nitrogens with zero attached hydrogens (tertiary/aromatic N) is 1. The van der Waals surface area contributed by atoms with Gasteiger partial charge in [0.25, 0.3) is 0 Å². The molecule has 3 nitrogen and oxygen atoms in total. The number of hydrogen-bond donors (Lipinski definition) is 0. The summed E-state index contributed by atoms with van der Waals surface area (Å²) >= 11 is 3.49. The minimum atomic E-state index is -0.331. The minimum absolute atomic E-state index is 0.331. The second-order valence-corrected chi connectivity index (χ2v) is 5.53. The molecular weight excluding hydrogens is 306 g/mol. The first-order valence-electron chi connectivity index (χ1n) is 6.10. The van der Waals surface area contributed by atoms with E-state index in [2.05, 4.69) is 35.8 Å². The third-order valence-electron chi connectivity index (χ3n) is 3.01. The zero-order valence-corrected chi connectivity index (χ0v) is 12.8. The lowest BCUT2D eigenvalue weighted by atomic mass is 10.0. The summed E-state index contributed by atoms with van der Waals surface area (Å²) in [5.74, 6) is 0.0306. The van der Waals surface area contributed by atoms with Crippen LogP contribution < -0.4 is 0 Å². The van der Waals surface area contributed by atoms with E-state index in [0.29, 0.717) is 11.6 Å². The number of aromatic nitrogens is 1. The van der Waals surface area contributed by atoms with Crippen molar-refractivity contribution in [3.8, 4) is 5.69 Å². The summed E-state index contributed by atoms with van der Waals surface area (Å²) in [6.07, 6.45) is 1.88. The number of ether oxygens (including phenoxy) is 1. The number of carbonyl (C=O) groups is 1. The van der Waals surface area contributed by atoms with E-state index in [1.807, 2.05) is 29.0 Å². The Morgan fingerprint density at radius 1 is 1.32 bits per heavy atom. The number of halogens is 1. The maximum absolute atomic E-state index is 11.8. The highest BCUT2D eigenvalue weighted by Crippen LogP contribution is 2.28. The van der Waals surface area contributed by atoms with E-state index >= 15 is 0 Å². The fourth-order valence-electron chi connectivity index (χ4n) is 2.07. The first-order chi connectivity index (χ1) is 9.04. The molecule has 2 rings (SSSR count). The number of hydrogen-bond acceptors (Lipinski definition) is 2. The van der Waals surface area contributed by atoms with E-state index in [4.69, 9.17) is 4.74 Å². The van der Waals surface area contributed by atoms with Crippen LogP contribution in [0.25, 0.3) is 5.69 Å². The topological polar surface area (TPSA) is 31.2 Å². The second kappa shape index (κ2) is 5.61. The molecular formula is C15H16BrNO2. The molecule has 100 valence electrons. The van der Waals surface area contributed by atoms with Gasteiger partial charge in [-0.05, 0) is 41.8 Å². The summed E-state index contributed by atoms with van der Waals surface area (Å²) in [6, 6.07) is 9.67. The van der Waals surface area contributed by atoms with Crippen molar-refractivity contribution in [2.24, 2.45) is 0 Å². The van der Waals surface area contributed by atoms with Crippen LogP contribution in [0.15, 0.2) is 41.0 Å². The van der Waals surface area contributed by atoms with E-state index in [1.165, 1.54) is 12.7 Å². The van der Waals surface area contributed by atoms with Gasteiger partial charge in [0.15, 0.2) is 0 Å². The summed E-state index contributed by atoms with van der Waals surface area (Å²) in [7, 11) is 1.39. The molecule has 0 aliphatic carbocycles. The lowest BCUT2D eigenvalue weighted by Gasteiger charge is -2.16. The molecule has 1 aromatic heterocycles. The minimum Gasteiger partial charge on any atom is -0.464 e. The zero-order chi connectivity index (χ0) is 14.0. The van der Waals surface area contributed by atoms with Gasteiger partial charge in [0, 0.05) is 16.4 Å². The van der Waals surface area contributed by atoms with Crippen LogP contribution in [-0.4, -0.2) is 17.6 Å². The maximum Gasteiger partial charge on any atom is 0.355 e. The third-order valence-corrected chi connectivity index (χ3v) is 3.51. The van der Waals surface area contributed by atoms with Crippen molar-refractivity contribution in [2.75, 3.05) is 7.11 Å². The molecule has 0 bridgehead atoms. The van der Waals surface area contributed by atoms with Crippen molar-refractivity contribution in [3.63, 3.8) is 0 Å². The Balaban J connectivity index is 2.59. The molecule has 0 unspecified atom stereocenters. The van der Waals surface area contributed by atoms with Gasteiger partial charge in [-0.1, -0.05) is 29.8 Å². The Kier molecular flexibility index (Phi) is 4.10. The van der Waals surface area contributed by atoms with Gasteiger partial charge in [-0.25, -0.2) is 4.79 Å². The lowest BCUT2D eigenvalue weighted by molar-refractivity contribution is 0.0591. The highest BCUT2D eigenvalue weighted by molar-refractivity contribution is 9.10. The van der Waals surface area contributed by atoms with Crippen LogP contribution in [0, 0.1) is 0 Å². The maximum atomic E-state index is 11.8. The molecule has 2 aromatic rings. The first-order valence-corrected chi connectivity index (χ1v) is 6.89. The van der Waals surface area contributed by atoms with Crippen molar-refractivity contribution in [1.29, 1.82) is 0 Å². The summed E-state index contributed by atoms with van der Waals surface area (Å²) in [5.41, 5.74) is 2.71. The van der Waals surface area contributed by atoms with Crippen molar-refractivity contribution in [3.05, 3.63) is 52.3 Å². The van der Waals surface area contributed by atoms with Gasteiger partial charge < -0.3 is 9.30 Å². The van der Waals surface area contributed by atoms with Gasteiger partial charge in [-0.15, -0.1) is 0 Å². The van der Waals surface area contributed by atoms with Crippen molar-refractivity contribution in [2.45, 2.75) is 19.8 Å². The van der Waals surface area contributed by atoms with Gasteiger partial charge >= 0.3 is 5.97 Å². The number of methoxy groups -OCH3 is 1. The Morgan fingerprint density at radius 3 is 2.68 bits per heavy atom. The number of benzene rings is 1. The van der Waals surface area contributed by atoms with Crippen LogP contribution in [0.5, 0.6) is 0 Å². The Bertz CT molecular complexity index is 602. The first kappa shape index (κ1) is 13.9. The van der Waals surface area contributed by atoms with Crippen LogP contribution in [0.2, 0.25) is 0 Å². The van der Waals surface area contributed by atoms with Gasteiger partial charge in [-0.3, -0.25) is 0 Å². The fraction of sp³-hybridized carbons (Fsp3) is 0.267. The SMILES string of the molecule is COC(=O)c1cccn1-c1ccc(Br)cc1C(C)C.